The number of rotatable bonds is 1. The van der Waals surface area contributed by atoms with E-state index in [0.29, 0.717) is 5.02 Å². The molecule has 2 N–H and O–H groups in total. The maximum absolute atomic E-state index is 6.04. The first-order chi connectivity index (χ1) is 6.68. The highest BCUT2D eigenvalue weighted by Crippen LogP contribution is 2.22. The molecule has 14 heavy (non-hydrogen) atoms. The van der Waals surface area contributed by atoms with Gasteiger partial charge < -0.3 is 5.73 Å². The number of anilines is 1. The predicted octanol–water partition coefficient (Wildman–Crippen LogP) is 1.81. The predicted molar refractivity (Wildman–Crippen MR) is 55.5 cm³/mol. The highest BCUT2D eigenvalue weighted by atomic mass is 35.5. The number of benzene rings is 1. The Labute approximate surface area is 86.3 Å². The summed E-state index contributed by atoms with van der Waals surface area (Å²) >= 11 is 6.04. The molecule has 2 aromatic rings. The molecule has 0 aliphatic carbocycles. The molecule has 1 heterocycles. The summed E-state index contributed by atoms with van der Waals surface area (Å²) in [6.07, 6.45) is 1.55. The van der Waals surface area contributed by atoms with Gasteiger partial charge in [-0.25, -0.2) is 9.67 Å². The Morgan fingerprint density at radius 2 is 2.21 bits per heavy atom. The van der Waals surface area contributed by atoms with Crippen LogP contribution in [0.2, 0.25) is 5.02 Å². The van der Waals surface area contributed by atoms with Gasteiger partial charge in [0.2, 0.25) is 5.95 Å². The summed E-state index contributed by atoms with van der Waals surface area (Å²) in [6, 6.07) is 5.66. The fraction of sp³-hybridized carbons (Fsp3) is 0.111. The molecule has 0 aliphatic rings. The summed E-state index contributed by atoms with van der Waals surface area (Å²) in [5, 5.41) is 4.64. The molecule has 0 saturated carbocycles. The number of hydrogen-bond donors (Lipinski definition) is 1. The number of halogens is 1. The van der Waals surface area contributed by atoms with E-state index in [2.05, 4.69) is 10.1 Å². The van der Waals surface area contributed by atoms with Crippen LogP contribution < -0.4 is 5.73 Å². The van der Waals surface area contributed by atoms with Crippen molar-refractivity contribution in [1.29, 1.82) is 0 Å². The van der Waals surface area contributed by atoms with E-state index < -0.39 is 0 Å². The van der Waals surface area contributed by atoms with Crippen molar-refractivity contribution in [3.8, 4) is 5.69 Å². The summed E-state index contributed by atoms with van der Waals surface area (Å²) in [7, 11) is 0. The van der Waals surface area contributed by atoms with Gasteiger partial charge in [0.15, 0.2) is 0 Å². The Morgan fingerprint density at radius 3 is 2.79 bits per heavy atom. The van der Waals surface area contributed by atoms with Crippen LogP contribution in [0.15, 0.2) is 24.5 Å². The molecule has 1 aromatic heterocycles. The maximum atomic E-state index is 6.04. The molecule has 0 amide bonds. The molecule has 0 unspecified atom stereocenters. The van der Waals surface area contributed by atoms with Crippen molar-refractivity contribution in [3.05, 3.63) is 35.1 Å². The minimum Gasteiger partial charge on any atom is -0.366 e. The van der Waals surface area contributed by atoms with Crippen molar-refractivity contribution in [2.75, 3.05) is 5.73 Å². The van der Waals surface area contributed by atoms with Crippen LogP contribution in [-0.4, -0.2) is 14.8 Å². The first-order valence-electron chi connectivity index (χ1n) is 4.11. The fourth-order valence-corrected chi connectivity index (χ4v) is 1.61. The number of nitrogens with two attached hydrogens (primary N) is 1. The van der Waals surface area contributed by atoms with Gasteiger partial charge in [-0.3, -0.25) is 0 Å². The molecule has 0 bridgehead atoms. The number of nitrogen functional groups attached to an aromatic ring is 1. The molecule has 4 nitrogen and oxygen atoms in total. The minimum absolute atomic E-state index is 0.240. The average molecular weight is 209 g/mol. The Kier molecular flexibility index (Phi) is 2.13. The zero-order chi connectivity index (χ0) is 10.1. The zero-order valence-electron chi connectivity index (χ0n) is 7.61. The number of nitrogens with zero attached hydrogens (tertiary/aromatic N) is 3. The summed E-state index contributed by atoms with van der Waals surface area (Å²) in [6.45, 7) is 1.96. The van der Waals surface area contributed by atoms with E-state index in [0.717, 1.165) is 11.3 Å². The fourth-order valence-electron chi connectivity index (χ4n) is 1.30. The summed E-state index contributed by atoms with van der Waals surface area (Å²) in [5.74, 6) is 0.240. The van der Waals surface area contributed by atoms with E-state index in [-0.39, 0.29) is 5.95 Å². The van der Waals surface area contributed by atoms with Gasteiger partial charge in [-0.2, -0.15) is 0 Å². The quantitative estimate of drug-likeness (QED) is 0.778. The molecule has 0 atom stereocenters. The molecule has 1 aromatic carbocycles. The molecule has 72 valence electrons. The molecule has 2 rings (SSSR count). The number of hydrogen-bond acceptors (Lipinski definition) is 3. The molecule has 0 fully saturated rings. The van der Waals surface area contributed by atoms with Gasteiger partial charge in [0.05, 0.1) is 10.7 Å². The van der Waals surface area contributed by atoms with E-state index in [1.165, 1.54) is 0 Å². The van der Waals surface area contributed by atoms with Gasteiger partial charge in [-0.05, 0) is 18.6 Å². The Balaban J connectivity index is 2.61. The van der Waals surface area contributed by atoms with Crippen LogP contribution in [0.4, 0.5) is 5.95 Å². The monoisotopic (exact) mass is 208 g/mol. The first-order valence-corrected chi connectivity index (χ1v) is 4.49. The van der Waals surface area contributed by atoms with Crippen molar-refractivity contribution in [2.45, 2.75) is 6.92 Å². The maximum Gasteiger partial charge on any atom is 0.239 e. The minimum atomic E-state index is 0.240. The van der Waals surface area contributed by atoms with Gasteiger partial charge >= 0.3 is 0 Å². The second-order valence-corrected chi connectivity index (χ2v) is 3.36. The van der Waals surface area contributed by atoms with Crippen LogP contribution in [-0.2, 0) is 0 Å². The summed E-state index contributed by atoms with van der Waals surface area (Å²) < 4.78 is 1.58. The van der Waals surface area contributed by atoms with Gasteiger partial charge in [0.25, 0.3) is 0 Å². The zero-order valence-corrected chi connectivity index (χ0v) is 8.36. The lowest BCUT2D eigenvalue weighted by Crippen LogP contribution is -1.99. The Hall–Kier alpha value is -1.55. The van der Waals surface area contributed by atoms with Crippen LogP contribution in [0.5, 0.6) is 0 Å². The largest absolute Gasteiger partial charge is 0.366 e. The average Bonchev–Trinajstić information content (AvgIpc) is 2.51. The third-order valence-electron chi connectivity index (χ3n) is 1.93. The van der Waals surface area contributed by atoms with Crippen molar-refractivity contribution < 1.29 is 0 Å². The van der Waals surface area contributed by atoms with Gasteiger partial charge in [0.1, 0.15) is 6.33 Å². The standard InChI is InChI=1S/C9H9ClN4/c1-6-3-2-4-7(10)8(6)14-5-12-9(11)13-14/h2-5H,1H3,(H2,11,13). The van der Waals surface area contributed by atoms with Crippen LogP contribution in [0.3, 0.4) is 0 Å². The number of para-hydroxylation sites is 1. The van der Waals surface area contributed by atoms with Crippen molar-refractivity contribution in [1.82, 2.24) is 14.8 Å². The van der Waals surface area contributed by atoms with Crippen molar-refractivity contribution in [3.63, 3.8) is 0 Å². The molecule has 5 heteroatoms. The SMILES string of the molecule is Cc1cccc(Cl)c1-n1cnc(N)n1. The third-order valence-corrected chi connectivity index (χ3v) is 2.23. The molecular formula is C9H9ClN4. The lowest BCUT2D eigenvalue weighted by Gasteiger charge is -2.06. The number of aromatic nitrogens is 3. The van der Waals surface area contributed by atoms with E-state index in [9.17, 15) is 0 Å². The topological polar surface area (TPSA) is 56.7 Å². The molecule has 0 saturated heterocycles. The molecular weight excluding hydrogens is 200 g/mol. The van der Waals surface area contributed by atoms with E-state index in [4.69, 9.17) is 17.3 Å². The number of aryl methyl sites for hydroxylation is 1. The highest BCUT2D eigenvalue weighted by molar-refractivity contribution is 6.32. The van der Waals surface area contributed by atoms with E-state index >= 15 is 0 Å². The first kappa shape index (κ1) is 9.02. The van der Waals surface area contributed by atoms with Crippen molar-refractivity contribution in [2.24, 2.45) is 0 Å². The second-order valence-electron chi connectivity index (χ2n) is 2.95. The Morgan fingerprint density at radius 1 is 1.43 bits per heavy atom. The molecule has 0 aliphatic heterocycles. The second kappa shape index (κ2) is 3.31. The van der Waals surface area contributed by atoms with Crippen LogP contribution >= 0.6 is 11.6 Å². The summed E-state index contributed by atoms with van der Waals surface area (Å²) in [5.41, 5.74) is 7.28. The highest BCUT2D eigenvalue weighted by Gasteiger charge is 2.07. The van der Waals surface area contributed by atoms with Crippen molar-refractivity contribution >= 4 is 17.5 Å². The normalized spacial score (nSPS) is 10.4. The van der Waals surface area contributed by atoms with Gasteiger partial charge in [-0.15, -0.1) is 5.10 Å². The van der Waals surface area contributed by atoms with Gasteiger partial charge in [-0.1, -0.05) is 23.7 Å². The summed E-state index contributed by atoms with van der Waals surface area (Å²) in [4.78, 5) is 3.85. The molecule has 0 spiro atoms. The van der Waals surface area contributed by atoms with E-state index in [1.807, 2.05) is 25.1 Å². The smallest absolute Gasteiger partial charge is 0.239 e. The van der Waals surface area contributed by atoms with E-state index in [1.54, 1.807) is 11.0 Å². The lowest BCUT2D eigenvalue weighted by molar-refractivity contribution is 0.875. The Bertz CT molecular complexity index is 443. The van der Waals surface area contributed by atoms with Crippen LogP contribution in [0.25, 0.3) is 5.69 Å². The lowest BCUT2D eigenvalue weighted by atomic mass is 10.2. The third kappa shape index (κ3) is 1.44. The molecule has 0 radical (unpaired) electrons. The van der Waals surface area contributed by atoms with Crippen LogP contribution in [0.1, 0.15) is 5.56 Å². The van der Waals surface area contributed by atoms with Crippen LogP contribution in [0, 0.1) is 6.92 Å². The van der Waals surface area contributed by atoms with Gasteiger partial charge in [0, 0.05) is 0 Å².